The summed E-state index contributed by atoms with van der Waals surface area (Å²) in [4.78, 5) is 3.43. The minimum Gasteiger partial charge on any atom is -0.330 e. The topological polar surface area (TPSA) is 43.8 Å². The second kappa shape index (κ2) is 3.52. The van der Waals surface area contributed by atoms with Crippen LogP contribution in [0.1, 0.15) is 17.9 Å². The van der Waals surface area contributed by atoms with Crippen LogP contribution in [0.3, 0.4) is 0 Å². The molecule has 0 amide bonds. The fourth-order valence-corrected chi connectivity index (χ4v) is 1.93. The lowest BCUT2D eigenvalue weighted by Gasteiger charge is -2.24. The number of imidazole rings is 1. The van der Waals surface area contributed by atoms with Gasteiger partial charge in [0.05, 0.1) is 0 Å². The molecular weight excluding hydrogens is 207 g/mol. The van der Waals surface area contributed by atoms with Gasteiger partial charge in [0.1, 0.15) is 0 Å². The second-order valence-electron chi connectivity index (χ2n) is 3.82. The van der Waals surface area contributed by atoms with Gasteiger partial charge in [-0.2, -0.15) is 13.2 Å². The Balaban J connectivity index is 2.34. The van der Waals surface area contributed by atoms with Crippen LogP contribution in [0, 0.1) is 5.92 Å². The van der Waals surface area contributed by atoms with E-state index in [9.17, 15) is 13.2 Å². The molecule has 0 saturated carbocycles. The summed E-state index contributed by atoms with van der Waals surface area (Å²) in [6.45, 7) is 0.760. The van der Waals surface area contributed by atoms with Crippen molar-refractivity contribution in [2.75, 3.05) is 6.54 Å². The van der Waals surface area contributed by atoms with E-state index in [1.807, 2.05) is 0 Å². The molecule has 1 aromatic heterocycles. The Hall–Kier alpha value is -1.04. The SMILES string of the molecule is NCC1CCc2cnc(C(F)(F)F)n2C1. The largest absolute Gasteiger partial charge is 0.449 e. The van der Waals surface area contributed by atoms with Gasteiger partial charge in [-0.1, -0.05) is 0 Å². The maximum Gasteiger partial charge on any atom is 0.449 e. The van der Waals surface area contributed by atoms with E-state index in [0.29, 0.717) is 25.2 Å². The highest BCUT2D eigenvalue weighted by molar-refractivity contribution is 5.10. The first kappa shape index (κ1) is 10.5. The van der Waals surface area contributed by atoms with Crippen LogP contribution in [0.5, 0.6) is 0 Å². The van der Waals surface area contributed by atoms with E-state index in [1.54, 1.807) is 0 Å². The lowest BCUT2D eigenvalue weighted by Crippen LogP contribution is -2.29. The number of hydrogen-bond donors (Lipinski definition) is 1. The highest BCUT2D eigenvalue weighted by Gasteiger charge is 2.38. The van der Waals surface area contributed by atoms with Crippen molar-refractivity contribution in [2.45, 2.75) is 25.6 Å². The zero-order chi connectivity index (χ0) is 11.1. The van der Waals surface area contributed by atoms with Gasteiger partial charge in [-0.15, -0.1) is 0 Å². The van der Waals surface area contributed by atoms with Crippen LogP contribution < -0.4 is 5.73 Å². The molecule has 2 heterocycles. The maximum atomic E-state index is 12.5. The summed E-state index contributed by atoms with van der Waals surface area (Å²) in [5, 5.41) is 0. The lowest BCUT2D eigenvalue weighted by molar-refractivity contribution is -0.147. The Morgan fingerprint density at radius 1 is 1.53 bits per heavy atom. The highest BCUT2D eigenvalue weighted by Crippen LogP contribution is 2.31. The number of aromatic nitrogens is 2. The zero-order valence-electron chi connectivity index (χ0n) is 8.09. The van der Waals surface area contributed by atoms with E-state index in [2.05, 4.69) is 4.98 Å². The molecule has 0 saturated heterocycles. The van der Waals surface area contributed by atoms with Gasteiger partial charge in [0.15, 0.2) is 0 Å². The minimum atomic E-state index is -4.37. The van der Waals surface area contributed by atoms with Crippen molar-refractivity contribution in [3.63, 3.8) is 0 Å². The van der Waals surface area contributed by atoms with Crippen molar-refractivity contribution in [1.29, 1.82) is 0 Å². The molecule has 2 N–H and O–H groups in total. The first-order chi connectivity index (χ1) is 7.02. The van der Waals surface area contributed by atoms with Crippen molar-refractivity contribution < 1.29 is 13.2 Å². The molecule has 1 aromatic rings. The molecule has 2 rings (SSSR count). The van der Waals surface area contributed by atoms with Gasteiger partial charge in [0.2, 0.25) is 5.82 Å². The lowest BCUT2D eigenvalue weighted by atomic mass is 9.98. The number of nitrogens with two attached hydrogens (primary N) is 1. The average Bonchev–Trinajstić information content (AvgIpc) is 2.59. The van der Waals surface area contributed by atoms with Crippen molar-refractivity contribution in [1.82, 2.24) is 9.55 Å². The summed E-state index contributed by atoms with van der Waals surface area (Å²) < 4.78 is 38.8. The standard InChI is InChI=1S/C9H12F3N3/c10-9(11,12)8-14-4-7-2-1-6(3-13)5-15(7)8/h4,6H,1-3,5,13H2. The Morgan fingerprint density at radius 2 is 2.27 bits per heavy atom. The molecule has 1 atom stereocenters. The molecular formula is C9H12F3N3. The molecule has 1 aliphatic rings. The molecule has 1 aliphatic heterocycles. The van der Waals surface area contributed by atoms with Crippen LogP contribution in [0.15, 0.2) is 6.20 Å². The smallest absolute Gasteiger partial charge is 0.330 e. The van der Waals surface area contributed by atoms with E-state index in [1.165, 1.54) is 10.8 Å². The number of nitrogens with zero attached hydrogens (tertiary/aromatic N) is 2. The van der Waals surface area contributed by atoms with E-state index in [4.69, 9.17) is 5.73 Å². The van der Waals surface area contributed by atoms with Gasteiger partial charge < -0.3 is 10.3 Å². The normalized spacial score (nSPS) is 21.5. The molecule has 1 unspecified atom stereocenters. The summed E-state index contributed by atoms with van der Waals surface area (Å²) in [5.41, 5.74) is 6.13. The molecule has 3 nitrogen and oxygen atoms in total. The van der Waals surface area contributed by atoms with Crippen LogP contribution in [0.4, 0.5) is 13.2 Å². The van der Waals surface area contributed by atoms with Crippen molar-refractivity contribution in [2.24, 2.45) is 11.7 Å². The Labute approximate surface area is 85.1 Å². The third kappa shape index (κ3) is 1.86. The van der Waals surface area contributed by atoms with Crippen molar-refractivity contribution in [3.05, 3.63) is 17.7 Å². The Bertz CT molecular complexity index is 356. The summed E-state index contributed by atoms with van der Waals surface area (Å²) in [6.07, 6.45) is -1.57. The number of rotatable bonds is 1. The molecule has 0 spiro atoms. The first-order valence-corrected chi connectivity index (χ1v) is 4.84. The number of hydrogen-bond acceptors (Lipinski definition) is 2. The van der Waals surface area contributed by atoms with Crippen molar-refractivity contribution >= 4 is 0 Å². The highest BCUT2D eigenvalue weighted by atomic mass is 19.4. The minimum absolute atomic E-state index is 0.132. The summed E-state index contributed by atoms with van der Waals surface area (Å²) in [6, 6.07) is 0. The zero-order valence-corrected chi connectivity index (χ0v) is 8.09. The fourth-order valence-electron chi connectivity index (χ4n) is 1.93. The third-order valence-corrected chi connectivity index (χ3v) is 2.77. The number of halogens is 3. The van der Waals surface area contributed by atoms with E-state index in [0.717, 1.165) is 6.42 Å². The van der Waals surface area contributed by atoms with Crippen molar-refractivity contribution in [3.8, 4) is 0 Å². The van der Waals surface area contributed by atoms with Gasteiger partial charge >= 0.3 is 6.18 Å². The van der Waals surface area contributed by atoms with Crippen LogP contribution in [-0.2, 0) is 19.1 Å². The predicted octanol–water partition coefficient (Wildman–Crippen LogP) is 1.42. The van der Waals surface area contributed by atoms with Gasteiger partial charge in [0.25, 0.3) is 0 Å². The molecule has 84 valence electrons. The number of aryl methyl sites for hydroxylation is 1. The van der Waals surface area contributed by atoms with E-state index in [-0.39, 0.29) is 5.92 Å². The molecule has 0 aromatic carbocycles. The molecule has 0 bridgehead atoms. The van der Waals surface area contributed by atoms with E-state index >= 15 is 0 Å². The van der Waals surface area contributed by atoms with Gasteiger partial charge in [0, 0.05) is 18.4 Å². The van der Waals surface area contributed by atoms with Crippen LogP contribution in [-0.4, -0.2) is 16.1 Å². The molecule has 0 radical (unpaired) electrons. The fraction of sp³-hybridized carbons (Fsp3) is 0.667. The average molecular weight is 219 g/mol. The predicted molar refractivity (Wildman–Crippen MR) is 48.1 cm³/mol. The van der Waals surface area contributed by atoms with E-state index < -0.39 is 12.0 Å². The Kier molecular flexibility index (Phi) is 2.46. The molecule has 0 fully saturated rings. The van der Waals surface area contributed by atoms with Crippen LogP contribution in [0.25, 0.3) is 0 Å². The van der Waals surface area contributed by atoms with Crippen LogP contribution >= 0.6 is 0 Å². The molecule has 15 heavy (non-hydrogen) atoms. The maximum absolute atomic E-state index is 12.5. The monoisotopic (exact) mass is 219 g/mol. The second-order valence-corrected chi connectivity index (χ2v) is 3.82. The summed E-state index contributed by atoms with van der Waals surface area (Å²) >= 11 is 0. The quantitative estimate of drug-likeness (QED) is 0.776. The first-order valence-electron chi connectivity index (χ1n) is 4.84. The van der Waals surface area contributed by atoms with Gasteiger partial charge in [-0.05, 0) is 25.3 Å². The summed E-state index contributed by atoms with van der Waals surface area (Å²) in [7, 11) is 0. The number of alkyl halides is 3. The van der Waals surface area contributed by atoms with Gasteiger partial charge in [-0.25, -0.2) is 4.98 Å². The third-order valence-electron chi connectivity index (χ3n) is 2.77. The number of fused-ring (bicyclic) bond motifs is 1. The molecule has 0 aliphatic carbocycles. The molecule has 6 heteroatoms. The summed E-state index contributed by atoms with van der Waals surface area (Å²) in [5.74, 6) is -0.663. The van der Waals surface area contributed by atoms with Crippen LogP contribution in [0.2, 0.25) is 0 Å². The Morgan fingerprint density at radius 3 is 2.87 bits per heavy atom. The van der Waals surface area contributed by atoms with Gasteiger partial charge in [-0.3, -0.25) is 0 Å².